The number of hydrogen-bond donors (Lipinski definition) is 1. The lowest BCUT2D eigenvalue weighted by molar-refractivity contribution is -0.137. The molecule has 0 aromatic heterocycles. The summed E-state index contributed by atoms with van der Waals surface area (Å²) in [5, 5.41) is 8.88. The van der Waals surface area contributed by atoms with E-state index in [-0.39, 0.29) is 12.6 Å². The number of carbonyl (C=O) groups is 1. The maximum Gasteiger partial charge on any atom is 0.318 e. The van der Waals surface area contributed by atoms with Crippen molar-refractivity contribution in [3.8, 4) is 0 Å². The summed E-state index contributed by atoms with van der Waals surface area (Å²) in [7, 11) is -3.58. The molecule has 8 heteroatoms. The minimum absolute atomic E-state index is 0.0625. The van der Waals surface area contributed by atoms with E-state index in [0.29, 0.717) is 13.2 Å². The molecule has 1 saturated heterocycles. The molecule has 7 nitrogen and oxygen atoms in total. The summed E-state index contributed by atoms with van der Waals surface area (Å²) in [6, 6.07) is 10.2. The van der Waals surface area contributed by atoms with Crippen LogP contribution in [-0.2, 0) is 26.0 Å². The molecule has 1 heterocycles. The third kappa shape index (κ3) is 6.20. The monoisotopic (exact) mass is 356 g/mol. The number of benzene rings is 1. The number of ether oxygens (including phenoxy) is 1. The van der Waals surface area contributed by atoms with Gasteiger partial charge in [0.15, 0.2) is 0 Å². The smallest absolute Gasteiger partial charge is 0.318 e. The molecular formula is C16H24N2O5S. The highest BCUT2D eigenvalue weighted by atomic mass is 32.2. The van der Waals surface area contributed by atoms with Crippen LogP contribution in [0.1, 0.15) is 5.56 Å². The molecule has 0 aliphatic carbocycles. The summed E-state index contributed by atoms with van der Waals surface area (Å²) in [6.07, 6.45) is 1.62. The molecule has 24 heavy (non-hydrogen) atoms. The van der Waals surface area contributed by atoms with E-state index in [9.17, 15) is 13.2 Å². The second-order valence-electron chi connectivity index (χ2n) is 5.98. The predicted molar refractivity (Wildman–Crippen MR) is 90.4 cm³/mol. The van der Waals surface area contributed by atoms with Gasteiger partial charge < -0.3 is 9.84 Å². The van der Waals surface area contributed by atoms with Crippen LogP contribution in [0.4, 0.5) is 0 Å². The van der Waals surface area contributed by atoms with Gasteiger partial charge >= 0.3 is 5.97 Å². The highest BCUT2D eigenvalue weighted by Crippen LogP contribution is 2.11. The first-order chi connectivity index (χ1) is 11.3. The van der Waals surface area contributed by atoms with Crippen molar-refractivity contribution >= 4 is 16.0 Å². The largest absolute Gasteiger partial charge is 0.480 e. The standard InChI is InChI=1S/C16H24N2O5S/c1-24(21,22)18(13-16(19)20)12-15-11-17(9-10-23-15)8-7-14-5-3-2-4-6-14/h2-6,15H,7-13H2,1H3,(H,19,20). The fraction of sp³-hybridized carbons (Fsp3) is 0.562. The Kier molecular flexibility index (Phi) is 6.73. The van der Waals surface area contributed by atoms with Crippen LogP contribution in [0.2, 0.25) is 0 Å². The third-order valence-corrected chi connectivity index (χ3v) is 5.19. The second kappa shape index (κ2) is 8.57. The summed E-state index contributed by atoms with van der Waals surface area (Å²) >= 11 is 0. The van der Waals surface area contributed by atoms with Gasteiger partial charge in [-0.15, -0.1) is 0 Å². The van der Waals surface area contributed by atoms with Gasteiger partial charge in [-0.2, -0.15) is 4.31 Å². The van der Waals surface area contributed by atoms with Gasteiger partial charge in [0.1, 0.15) is 6.54 Å². The summed E-state index contributed by atoms with van der Waals surface area (Å²) in [6.45, 7) is 2.29. The molecule has 1 aromatic rings. The van der Waals surface area contributed by atoms with Gasteiger partial charge in [0.2, 0.25) is 10.0 Å². The molecule has 1 atom stereocenters. The first-order valence-electron chi connectivity index (χ1n) is 7.89. The quantitative estimate of drug-likeness (QED) is 0.720. The SMILES string of the molecule is CS(=O)(=O)N(CC(=O)O)CC1CN(CCc2ccccc2)CCO1. The van der Waals surface area contributed by atoms with Crippen molar-refractivity contribution in [3.63, 3.8) is 0 Å². The molecule has 0 amide bonds. The highest BCUT2D eigenvalue weighted by Gasteiger charge is 2.27. The van der Waals surface area contributed by atoms with E-state index in [1.807, 2.05) is 18.2 Å². The third-order valence-electron chi connectivity index (χ3n) is 3.97. The number of rotatable bonds is 8. The van der Waals surface area contributed by atoms with E-state index in [1.165, 1.54) is 5.56 Å². The molecule has 2 rings (SSSR count). The Balaban J connectivity index is 1.88. The lowest BCUT2D eigenvalue weighted by Crippen LogP contribution is -2.49. The normalized spacial score (nSPS) is 19.5. The summed E-state index contributed by atoms with van der Waals surface area (Å²) < 4.78 is 30.0. The molecule has 1 aliphatic heterocycles. The molecule has 1 N–H and O–H groups in total. The molecular weight excluding hydrogens is 332 g/mol. The van der Waals surface area contributed by atoms with Gasteiger partial charge in [0, 0.05) is 26.2 Å². The van der Waals surface area contributed by atoms with Gasteiger partial charge in [-0.1, -0.05) is 30.3 Å². The number of carboxylic acid groups (broad SMARTS) is 1. The lowest BCUT2D eigenvalue weighted by atomic mass is 10.1. The zero-order valence-electron chi connectivity index (χ0n) is 13.8. The van der Waals surface area contributed by atoms with Crippen LogP contribution < -0.4 is 0 Å². The highest BCUT2D eigenvalue weighted by molar-refractivity contribution is 7.88. The van der Waals surface area contributed by atoms with Crippen molar-refractivity contribution < 1.29 is 23.1 Å². The minimum Gasteiger partial charge on any atom is -0.480 e. The lowest BCUT2D eigenvalue weighted by Gasteiger charge is -2.34. The molecule has 0 spiro atoms. The first kappa shape index (κ1) is 18.9. The van der Waals surface area contributed by atoms with Crippen LogP contribution >= 0.6 is 0 Å². The summed E-state index contributed by atoms with van der Waals surface area (Å²) in [4.78, 5) is 13.1. The topological polar surface area (TPSA) is 87.2 Å². The van der Waals surface area contributed by atoms with Gasteiger partial charge in [-0.05, 0) is 12.0 Å². The minimum atomic E-state index is -3.58. The average molecular weight is 356 g/mol. The Morgan fingerprint density at radius 2 is 2.08 bits per heavy atom. The van der Waals surface area contributed by atoms with Crippen molar-refractivity contribution in [3.05, 3.63) is 35.9 Å². The number of morpholine rings is 1. The van der Waals surface area contributed by atoms with E-state index in [0.717, 1.165) is 30.1 Å². The Morgan fingerprint density at radius 3 is 2.71 bits per heavy atom. The molecule has 1 unspecified atom stereocenters. The van der Waals surface area contributed by atoms with Crippen LogP contribution in [0, 0.1) is 0 Å². The number of carboxylic acids is 1. The Morgan fingerprint density at radius 1 is 1.38 bits per heavy atom. The van der Waals surface area contributed by atoms with Crippen molar-refractivity contribution in [1.29, 1.82) is 0 Å². The molecule has 134 valence electrons. The number of nitrogens with zero attached hydrogens (tertiary/aromatic N) is 2. The predicted octanol–water partition coefficient (Wildman–Crippen LogP) is 0.276. The zero-order valence-corrected chi connectivity index (χ0v) is 14.6. The van der Waals surface area contributed by atoms with Crippen LogP contribution in [0.25, 0.3) is 0 Å². The van der Waals surface area contributed by atoms with Crippen LogP contribution in [0.15, 0.2) is 30.3 Å². The van der Waals surface area contributed by atoms with Gasteiger partial charge in [-0.25, -0.2) is 8.42 Å². The molecule has 0 bridgehead atoms. The maximum atomic E-state index is 11.7. The zero-order chi connectivity index (χ0) is 17.6. The fourth-order valence-electron chi connectivity index (χ4n) is 2.72. The van der Waals surface area contributed by atoms with Gasteiger partial charge in [-0.3, -0.25) is 9.69 Å². The fourth-order valence-corrected chi connectivity index (χ4v) is 3.50. The van der Waals surface area contributed by atoms with Crippen molar-refractivity contribution in [1.82, 2.24) is 9.21 Å². The molecule has 1 fully saturated rings. The molecule has 1 aliphatic rings. The van der Waals surface area contributed by atoms with E-state index in [1.54, 1.807) is 0 Å². The summed E-state index contributed by atoms with van der Waals surface area (Å²) in [5.41, 5.74) is 1.25. The van der Waals surface area contributed by atoms with Gasteiger partial charge in [0.25, 0.3) is 0 Å². The van der Waals surface area contributed by atoms with E-state index in [4.69, 9.17) is 9.84 Å². The van der Waals surface area contributed by atoms with Crippen LogP contribution in [0.5, 0.6) is 0 Å². The summed E-state index contributed by atoms with van der Waals surface area (Å²) in [5.74, 6) is -1.17. The van der Waals surface area contributed by atoms with E-state index < -0.39 is 22.5 Å². The molecule has 1 aromatic carbocycles. The Hall–Kier alpha value is -1.48. The van der Waals surface area contributed by atoms with Crippen molar-refractivity contribution in [2.45, 2.75) is 12.5 Å². The number of sulfonamides is 1. The number of hydrogen-bond acceptors (Lipinski definition) is 5. The van der Waals surface area contributed by atoms with Crippen molar-refractivity contribution in [2.24, 2.45) is 0 Å². The molecule has 0 radical (unpaired) electrons. The Bertz CT molecular complexity index is 635. The molecule has 0 saturated carbocycles. The van der Waals surface area contributed by atoms with Crippen molar-refractivity contribution in [2.75, 3.05) is 45.6 Å². The first-order valence-corrected chi connectivity index (χ1v) is 9.74. The van der Waals surface area contributed by atoms with Crippen LogP contribution in [-0.4, -0.2) is 80.4 Å². The number of aliphatic carboxylic acids is 1. The van der Waals surface area contributed by atoms with E-state index in [2.05, 4.69) is 17.0 Å². The maximum absolute atomic E-state index is 11.7. The second-order valence-corrected chi connectivity index (χ2v) is 7.96. The van der Waals surface area contributed by atoms with Crippen LogP contribution in [0.3, 0.4) is 0 Å². The average Bonchev–Trinajstić information content (AvgIpc) is 2.52. The van der Waals surface area contributed by atoms with Gasteiger partial charge in [0.05, 0.1) is 19.0 Å². The van der Waals surface area contributed by atoms with E-state index >= 15 is 0 Å². The Labute approximate surface area is 142 Å².